The zero-order valence-corrected chi connectivity index (χ0v) is 8.97. The Hall–Kier alpha value is -1.69. The van der Waals surface area contributed by atoms with Gasteiger partial charge in [0, 0.05) is 12.5 Å². The van der Waals surface area contributed by atoms with E-state index >= 15 is 0 Å². The molecule has 2 aromatic rings. The molecule has 0 bridgehead atoms. The van der Waals surface area contributed by atoms with Crippen LogP contribution in [0.2, 0.25) is 0 Å². The normalized spacial score (nSPS) is 25.3. The first kappa shape index (κ1) is 9.53. The molecule has 0 amide bonds. The van der Waals surface area contributed by atoms with Crippen molar-refractivity contribution < 1.29 is 4.74 Å². The summed E-state index contributed by atoms with van der Waals surface area (Å²) in [5.41, 5.74) is 7.09. The zero-order valence-electron chi connectivity index (χ0n) is 8.97. The van der Waals surface area contributed by atoms with Crippen molar-refractivity contribution in [1.29, 1.82) is 0 Å². The smallest absolute Gasteiger partial charge is 0.183 e. The van der Waals surface area contributed by atoms with E-state index in [0.717, 1.165) is 24.4 Å². The minimum absolute atomic E-state index is 0.190. The van der Waals surface area contributed by atoms with Crippen molar-refractivity contribution in [2.24, 2.45) is 0 Å². The highest BCUT2D eigenvalue weighted by Gasteiger charge is 2.28. The highest BCUT2D eigenvalue weighted by atomic mass is 16.5. The molecule has 1 aliphatic rings. The molecular weight excluding hydrogens is 206 g/mol. The number of nitrogens with one attached hydrogen (secondary N) is 1. The van der Waals surface area contributed by atoms with Crippen LogP contribution in [0.4, 0.5) is 5.82 Å². The molecule has 3 heterocycles. The van der Waals surface area contributed by atoms with Gasteiger partial charge in [0.15, 0.2) is 11.5 Å². The Kier molecular flexibility index (Phi) is 2.03. The Labute approximate surface area is 92.3 Å². The van der Waals surface area contributed by atoms with Crippen molar-refractivity contribution >= 4 is 17.0 Å². The van der Waals surface area contributed by atoms with Crippen LogP contribution >= 0.6 is 0 Å². The standard InChI is InChI=1S/C10H13N5O/c1-5-6(2-3-16-5)9-14-7-8(11)12-4-13-10(7)15-9/h4-6H,2-3H2,1H3,(H3,11,12,13,14,15). The number of H-pyrrole nitrogens is 1. The molecular formula is C10H13N5O. The lowest BCUT2D eigenvalue weighted by atomic mass is 10.0. The van der Waals surface area contributed by atoms with Crippen molar-refractivity contribution in [1.82, 2.24) is 19.9 Å². The lowest BCUT2D eigenvalue weighted by Gasteiger charge is -2.09. The van der Waals surface area contributed by atoms with Gasteiger partial charge in [-0.1, -0.05) is 0 Å². The zero-order chi connectivity index (χ0) is 11.1. The molecule has 1 fully saturated rings. The Balaban J connectivity index is 2.08. The largest absolute Gasteiger partial charge is 0.382 e. The number of nitrogen functional groups attached to an aromatic ring is 1. The average Bonchev–Trinajstić information content (AvgIpc) is 2.84. The van der Waals surface area contributed by atoms with Crippen LogP contribution in [-0.2, 0) is 4.74 Å². The maximum absolute atomic E-state index is 5.75. The van der Waals surface area contributed by atoms with Crippen LogP contribution in [0.3, 0.4) is 0 Å². The summed E-state index contributed by atoms with van der Waals surface area (Å²) in [4.78, 5) is 15.6. The number of nitrogens with two attached hydrogens (primary N) is 1. The van der Waals surface area contributed by atoms with Crippen molar-refractivity contribution in [3.05, 3.63) is 12.2 Å². The molecule has 0 saturated carbocycles. The molecule has 0 spiro atoms. The van der Waals surface area contributed by atoms with E-state index in [1.807, 2.05) is 0 Å². The molecule has 3 rings (SSSR count). The number of imidazole rings is 1. The van der Waals surface area contributed by atoms with Gasteiger partial charge in [-0.05, 0) is 13.3 Å². The van der Waals surface area contributed by atoms with E-state index in [0.29, 0.717) is 17.4 Å². The number of hydrogen-bond donors (Lipinski definition) is 2. The first-order chi connectivity index (χ1) is 7.75. The van der Waals surface area contributed by atoms with Crippen LogP contribution in [0.5, 0.6) is 0 Å². The second-order valence-electron chi connectivity index (χ2n) is 4.05. The van der Waals surface area contributed by atoms with Gasteiger partial charge in [0.25, 0.3) is 0 Å². The van der Waals surface area contributed by atoms with Crippen molar-refractivity contribution in [3.8, 4) is 0 Å². The van der Waals surface area contributed by atoms with E-state index in [4.69, 9.17) is 10.5 Å². The summed E-state index contributed by atoms with van der Waals surface area (Å²) >= 11 is 0. The summed E-state index contributed by atoms with van der Waals surface area (Å²) < 4.78 is 5.52. The predicted molar refractivity (Wildman–Crippen MR) is 58.9 cm³/mol. The molecule has 2 unspecified atom stereocenters. The Morgan fingerprint density at radius 3 is 3.06 bits per heavy atom. The molecule has 0 aliphatic carbocycles. The first-order valence-electron chi connectivity index (χ1n) is 5.33. The number of fused-ring (bicyclic) bond motifs is 1. The fraction of sp³-hybridized carbons (Fsp3) is 0.500. The predicted octanol–water partition coefficient (Wildman–Crippen LogP) is 0.828. The molecule has 16 heavy (non-hydrogen) atoms. The van der Waals surface area contributed by atoms with Crippen molar-refractivity contribution in [2.75, 3.05) is 12.3 Å². The minimum atomic E-state index is 0.190. The van der Waals surface area contributed by atoms with Crippen LogP contribution in [0.1, 0.15) is 25.1 Å². The second-order valence-corrected chi connectivity index (χ2v) is 4.05. The van der Waals surface area contributed by atoms with Gasteiger partial charge < -0.3 is 15.5 Å². The van der Waals surface area contributed by atoms with Gasteiger partial charge in [0.1, 0.15) is 17.7 Å². The van der Waals surface area contributed by atoms with E-state index in [9.17, 15) is 0 Å². The van der Waals surface area contributed by atoms with Gasteiger partial charge in [-0.3, -0.25) is 0 Å². The maximum Gasteiger partial charge on any atom is 0.183 e. The fourth-order valence-electron chi connectivity index (χ4n) is 2.13. The summed E-state index contributed by atoms with van der Waals surface area (Å²) in [6.45, 7) is 2.84. The number of anilines is 1. The van der Waals surface area contributed by atoms with Crippen LogP contribution in [0.25, 0.3) is 11.2 Å². The summed E-state index contributed by atoms with van der Waals surface area (Å²) in [5.74, 6) is 1.64. The number of ether oxygens (including phenoxy) is 1. The number of hydrogen-bond acceptors (Lipinski definition) is 5. The molecule has 1 aliphatic heterocycles. The van der Waals surface area contributed by atoms with E-state index in [1.54, 1.807) is 0 Å². The lowest BCUT2D eigenvalue weighted by molar-refractivity contribution is 0.117. The number of aromatic nitrogens is 4. The molecule has 6 nitrogen and oxygen atoms in total. The first-order valence-corrected chi connectivity index (χ1v) is 5.33. The SMILES string of the molecule is CC1OCCC1c1nc2ncnc(N)c2[nH]1. The summed E-state index contributed by atoms with van der Waals surface area (Å²) in [6.07, 6.45) is 2.60. The average molecular weight is 219 g/mol. The molecule has 84 valence electrons. The van der Waals surface area contributed by atoms with Gasteiger partial charge in [0.05, 0.1) is 6.10 Å². The monoisotopic (exact) mass is 219 g/mol. The van der Waals surface area contributed by atoms with E-state index in [2.05, 4.69) is 26.9 Å². The highest BCUT2D eigenvalue weighted by molar-refractivity contribution is 5.81. The molecule has 6 heteroatoms. The molecule has 1 saturated heterocycles. The lowest BCUT2D eigenvalue weighted by Crippen LogP contribution is -2.10. The van der Waals surface area contributed by atoms with E-state index in [1.165, 1.54) is 6.33 Å². The van der Waals surface area contributed by atoms with Gasteiger partial charge in [-0.15, -0.1) is 0 Å². The Morgan fingerprint density at radius 1 is 1.50 bits per heavy atom. The van der Waals surface area contributed by atoms with Gasteiger partial charge >= 0.3 is 0 Å². The Bertz CT molecular complexity index is 523. The molecule has 2 aromatic heterocycles. The third-order valence-electron chi connectivity index (χ3n) is 3.06. The second kappa shape index (κ2) is 3.41. The molecule has 2 atom stereocenters. The van der Waals surface area contributed by atoms with E-state index < -0.39 is 0 Å². The van der Waals surface area contributed by atoms with Crippen LogP contribution < -0.4 is 5.73 Å². The summed E-state index contributed by atoms with van der Waals surface area (Å²) in [7, 11) is 0. The maximum atomic E-state index is 5.75. The quantitative estimate of drug-likeness (QED) is 0.741. The van der Waals surface area contributed by atoms with Crippen molar-refractivity contribution in [3.63, 3.8) is 0 Å². The third-order valence-corrected chi connectivity index (χ3v) is 3.06. The third kappa shape index (κ3) is 1.34. The molecule has 0 radical (unpaired) electrons. The van der Waals surface area contributed by atoms with E-state index in [-0.39, 0.29) is 6.10 Å². The topological polar surface area (TPSA) is 89.7 Å². The van der Waals surface area contributed by atoms with Crippen molar-refractivity contribution in [2.45, 2.75) is 25.4 Å². The highest BCUT2D eigenvalue weighted by Crippen LogP contribution is 2.30. The van der Waals surface area contributed by atoms with Crippen LogP contribution in [0.15, 0.2) is 6.33 Å². The number of rotatable bonds is 1. The van der Waals surface area contributed by atoms with Gasteiger partial charge in [-0.2, -0.15) is 0 Å². The van der Waals surface area contributed by atoms with Gasteiger partial charge in [-0.25, -0.2) is 15.0 Å². The number of nitrogens with zero attached hydrogens (tertiary/aromatic N) is 3. The minimum Gasteiger partial charge on any atom is -0.382 e. The molecule has 0 aromatic carbocycles. The summed E-state index contributed by atoms with van der Waals surface area (Å²) in [6, 6.07) is 0. The van der Waals surface area contributed by atoms with Crippen LogP contribution in [0, 0.1) is 0 Å². The number of aromatic amines is 1. The Morgan fingerprint density at radius 2 is 2.38 bits per heavy atom. The fourth-order valence-corrected chi connectivity index (χ4v) is 2.13. The van der Waals surface area contributed by atoms with Gasteiger partial charge in [0.2, 0.25) is 0 Å². The molecule has 3 N–H and O–H groups in total. The summed E-state index contributed by atoms with van der Waals surface area (Å²) in [5, 5.41) is 0. The van der Waals surface area contributed by atoms with Crippen LogP contribution in [-0.4, -0.2) is 32.6 Å².